The molecule has 1 aliphatic rings. The molecule has 1 aliphatic heterocycles. The number of amides is 1. The highest BCUT2D eigenvalue weighted by Gasteiger charge is 2.28. The molecule has 27 heavy (non-hydrogen) atoms. The first kappa shape index (κ1) is 18.9. The van der Waals surface area contributed by atoms with Gasteiger partial charge in [-0.25, -0.2) is 0 Å². The Morgan fingerprint density at radius 3 is 2.74 bits per heavy atom. The summed E-state index contributed by atoms with van der Waals surface area (Å²) in [6, 6.07) is 7.54. The van der Waals surface area contributed by atoms with E-state index in [1.807, 2.05) is 0 Å². The molecule has 9 heteroatoms. The van der Waals surface area contributed by atoms with Crippen molar-refractivity contribution in [2.75, 3.05) is 38.2 Å². The van der Waals surface area contributed by atoms with E-state index in [0.29, 0.717) is 32.1 Å². The SMILES string of the molecule is CC(O)(CNc1ccc(C(=O)N2CCOCC2)cc1[N+](=O)[O-])c1ccco1. The minimum atomic E-state index is -1.35. The Kier molecular flexibility index (Phi) is 5.43. The predicted octanol–water partition coefficient (Wildman–Crippen LogP) is 1.98. The summed E-state index contributed by atoms with van der Waals surface area (Å²) < 4.78 is 10.4. The minimum absolute atomic E-state index is 0.00187. The van der Waals surface area contributed by atoms with E-state index < -0.39 is 10.5 Å². The van der Waals surface area contributed by atoms with Crippen LogP contribution in [0.4, 0.5) is 11.4 Å². The molecule has 9 nitrogen and oxygen atoms in total. The maximum Gasteiger partial charge on any atom is 0.293 e. The molecule has 0 bridgehead atoms. The lowest BCUT2D eigenvalue weighted by Gasteiger charge is -2.27. The van der Waals surface area contributed by atoms with Gasteiger partial charge in [0.2, 0.25) is 0 Å². The molecule has 0 aliphatic carbocycles. The van der Waals surface area contributed by atoms with Gasteiger partial charge in [0, 0.05) is 24.7 Å². The Morgan fingerprint density at radius 1 is 1.37 bits per heavy atom. The molecule has 2 aromatic rings. The fraction of sp³-hybridized carbons (Fsp3) is 0.389. The molecule has 2 N–H and O–H groups in total. The lowest BCUT2D eigenvalue weighted by Crippen LogP contribution is -2.40. The van der Waals surface area contributed by atoms with Crippen LogP contribution in [0.25, 0.3) is 0 Å². The van der Waals surface area contributed by atoms with E-state index >= 15 is 0 Å². The number of carbonyl (C=O) groups excluding carboxylic acids is 1. The summed E-state index contributed by atoms with van der Waals surface area (Å²) in [7, 11) is 0. The van der Waals surface area contributed by atoms with Gasteiger partial charge >= 0.3 is 0 Å². The Hall–Kier alpha value is -2.91. The van der Waals surface area contributed by atoms with E-state index in [-0.39, 0.29) is 29.4 Å². The fourth-order valence-electron chi connectivity index (χ4n) is 2.85. The Balaban J connectivity index is 1.77. The Morgan fingerprint density at radius 2 is 2.11 bits per heavy atom. The van der Waals surface area contributed by atoms with E-state index in [2.05, 4.69) is 5.32 Å². The van der Waals surface area contributed by atoms with Gasteiger partial charge in [0.25, 0.3) is 11.6 Å². The summed E-state index contributed by atoms with van der Waals surface area (Å²) in [5.74, 6) is 0.0762. The monoisotopic (exact) mass is 375 g/mol. The summed E-state index contributed by atoms with van der Waals surface area (Å²) in [6.07, 6.45) is 1.44. The fourth-order valence-corrected chi connectivity index (χ4v) is 2.85. The van der Waals surface area contributed by atoms with Crippen LogP contribution in [0.1, 0.15) is 23.0 Å². The van der Waals surface area contributed by atoms with Crippen LogP contribution in [0, 0.1) is 10.1 Å². The van der Waals surface area contributed by atoms with Crippen LogP contribution in [0.2, 0.25) is 0 Å². The molecule has 1 amide bonds. The molecule has 144 valence electrons. The number of nitro benzene ring substituents is 1. The summed E-state index contributed by atoms with van der Waals surface area (Å²) in [4.78, 5) is 25.1. The number of hydrogen-bond acceptors (Lipinski definition) is 7. The zero-order valence-electron chi connectivity index (χ0n) is 14.9. The second-order valence-corrected chi connectivity index (χ2v) is 6.50. The number of nitrogens with one attached hydrogen (secondary N) is 1. The van der Waals surface area contributed by atoms with Crippen LogP contribution in [-0.4, -0.2) is 53.7 Å². The number of nitrogens with zero attached hydrogens (tertiary/aromatic N) is 2. The molecule has 1 unspecified atom stereocenters. The van der Waals surface area contributed by atoms with Crippen molar-refractivity contribution in [1.82, 2.24) is 4.90 Å². The maximum atomic E-state index is 12.5. The number of ether oxygens (including phenoxy) is 1. The number of morpholine rings is 1. The predicted molar refractivity (Wildman–Crippen MR) is 96.6 cm³/mol. The van der Waals surface area contributed by atoms with Crippen LogP contribution >= 0.6 is 0 Å². The summed E-state index contributed by atoms with van der Waals surface area (Å²) >= 11 is 0. The van der Waals surface area contributed by atoms with Crippen molar-refractivity contribution < 1.29 is 24.0 Å². The molecule has 0 radical (unpaired) electrons. The van der Waals surface area contributed by atoms with Crippen LogP contribution in [0.15, 0.2) is 41.0 Å². The molecule has 0 spiro atoms. The van der Waals surface area contributed by atoms with Crippen LogP contribution in [0.3, 0.4) is 0 Å². The number of rotatable bonds is 6. The van der Waals surface area contributed by atoms with Crippen molar-refractivity contribution in [2.45, 2.75) is 12.5 Å². The first-order valence-corrected chi connectivity index (χ1v) is 8.54. The van der Waals surface area contributed by atoms with Gasteiger partial charge in [0.1, 0.15) is 17.0 Å². The van der Waals surface area contributed by atoms with Gasteiger partial charge < -0.3 is 24.5 Å². The van der Waals surface area contributed by atoms with Crippen LogP contribution in [0.5, 0.6) is 0 Å². The molecule has 3 rings (SSSR count). The van der Waals surface area contributed by atoms with Crippen molar-refractivity contribution >= 4 is 17.3 Å². The number of nitro groups is 1. The number of benzene rings is 1. The standard InChI is InChI=1S/C18H21N3O6/c1-18(23,16-3-2-8-27-16)12-19-14-5-4-13(11-15(14)21(24)25)17(22)20-6-9-26-10-7-20/h2-5,8,11,19,23H,6-7,9-10,12H2,1H3. The van der Waals surface area contributed by atoms with Crippen molar-refractivity contribution in [2.24, 2.45) is 0 Å². The number of furan rings is 1. The average molecular weight is 375 g/mol. The van der Waals surface area contributed by atoms with Gasteiger partial charge in [-0.3, -0.25) is 14.9 Å². The van der Waals surface area contributed by atoms with E-state index in [9.17, 15) is 20.0 Å². The quantitative estimate of drug-likeness (QED) is 0.585. The maximum absolute atomic E-state index is 12.5. The topological polar surface area (TPSA) is 118 Å². The van der Waals surface area contributed by atoms with Crippen LogP contribution in [-0.2, 0) is 10.3 Å². The largest absolute Gasteiger partial charge is 0.466 e. The lowest BCUT2D eigenvalue weighted by molar-refractivity contribution is -0.384. The van der Waals surface area contributed by atoms with Gasteiger partial charge in [-0.15, -0.1) is 0 Å². The molecule has 1 aromatic carbocycles. The normalized spacial score (nSPS) is 16.6. The summed E-state index contributed by atoms with van der Waals surface area (Å²) in [6.45, 7) is 3.36. The number of aliphatic hydroxyl groups is 1. The lowest BCUT2D eigenvalue weighted by atomic mass is 10.0. The molecule has 1 atom stereocenters. The third-order valence-electron chi connectivity index (χ3n) is 4.41. The number of hydrogen-bond donors (Lipinski definition) is 2. The Bertz CT molecular complexity index is 813. The van der Waals surface area contributed by atoms with Crippen LogP contribution < -0.4 is 5.32 Å². The highest BCUT2D eigenvalue weighted by molar-refractivity contribution is 5.95. The van der Waals surface area contributed by atoms with Crippen molar-refractivity contribution in [3.05, 3.63) is 58.0 Å². The third-order valence-corrected chi connectivity index (χ3v) is 4.41. The van der Waals surface area contributed by atoms with Gasteiger partial charge in [-0.05, 0) is 31.2 Å². The first-order valence-electron chi connectivity index (χ1n) is 8.54. The van der Waals surface area contributed by atoms with Gasteiger partial charge in [-0.2, -0.15) is 0 Å². The summed E-state index contributed by atoms with van der Waals surface area (Å²) in [5, 5.41) is 24.8. The van der Waals surface area contributed by atoms with Gasteiger partial charge in [0.05, 0.1) is 30.9 Å². The first-order chi connectivity index (χ1) is 12.9. The zero-order valence-corrected chi connectivity index (χ0v) is 14.9. The van der Waals surface area contributed by atoms with E-state index in [4.69, 9.17) is 9.15 Å². The Labute approximate surface area is 155 Å². The highest BCUT2D eigenvalue weighted by Crippen LogP contribution is 2.28. The minimum Gasteiger partial charge on any atom is -0.466 e. The number of anilines is 1. The van der Waals surface area contributed by atoms with E-state index in [1.165, 1.54) is 24.5 Å². The van der Waals surface area contributed by atoms with E-state index in [0.717, 1.165) is 0 Å². The van der Waals surface area contributed by atoms with Crippen molar-refractivity contribution in [1.29, 1.82) is 0 Å². The van der Waals surface area contributed by atoms with Crippen molar-refractivity contribution in [3.63, 3.8) is 0 Å². The van der Waals surface area contributed by atoms with Gasteiger partial charge in [-0.1, -0.05) is 0 Å². The van der Waals surface area contributed by atoms with E-state index in [1.54, 1.807) is 24.0 Å². The second-order valence-electron chi connectivity index (χ2n) is 6.50. The second kappa shape index (κ2) is 7.77. The highest BCUT2D eigenvalue weighted by atomic mass is 16.6. The zero-order chi connectivity index (χ0) is 19.4. The third kappa shape index (κ3) is 4.26. The molecule has 2 heterocycles. The molecular formula is C18H21N3O6. The summed E-state index contributed by atoms with van der Waals surface area (Å²) in [5.41, 5.74) is -1.12. The molecular weight excluding hydrogens is 354 g/mol. The van der Waals surface area contributed by atoms with Crippen molar-refractivity contribution in [3.8, 4) is 0 Å². The molecule has 1 aromatic heterocycles. The number of carbonyl (C=O) groups is 1. The molecule has 0 saturated carbocycles. The molecule has 1 saturated heterocycles. The molecule has 1 fully saturated rings. The average Bonchev–Trinajstić information content (AvgIpc) is 3.22. The smallest absolute Gasteiger partial charge is 0.293 e. The van der Waals surface area contributed by atoms with Gasteiger partial charge in [0.15, 0.2) is 0 Å².